The van der Waals surface area contributed by atoms with Gasteiger partial charge in [-0.1, -0.05) is 30.3 Å². The normalized spacial score (nSPS) is 32.9. The fourth-order valence-electron chi connectivity index (χ4n) is 1.82. The number of nitrogens with zero attached hydrogens (tertiary/aromatic N) is 2. The molecule has 1 saturated heterocycles. The van der Waals surface area contributed by atoms with Gasteiger partial charge in [0.25, 0.3) is 0 Å². The molecule has 1 fully saturated rings. The Kier molecular flexibility index (Phi) is 2.77. The maximum Gasteiger partial charge on any atom is 0.165 e. The summed E-state index contributed by atoms with van der Waals surface area (Å²) in [5, 5.41) is 4.60. The minimum absolute atomic E-state index is 0.271. The van der Waals surface area contributed by atoms with Crippen molar-refractivity contribution >= 4 is 11.8 Å². The van der Waals surface area contributed by atoms with Gasteiger partial charge in [0.05, 0.1) is 13.6 Å². The topological polar surface area (TPSA) is 14.1 Å². The van der Waals surface area contributed by atoms with Crippen LogP contribution in [0.3, 0.4) is 0 Å². The molecule has 3 heteroatoms. The lowest BCUT2D eigenvalue weighted by Crippen LogP contribution is -2.48. The number of hydrogen-bond acceptors (Lipinski definition) is 0. The van der Waals surface area contributed by atoms with Crippen LogP contribution in [-0.4, -0.2) is 30.7 Å². The molecule has 0 bridgehead atoms. The molecule has 0 aliphatic carbocycles. The zero-order valence-electron chi connectivity index (χ0n) is 8.36. The van der Waals surface area contributed by atoms with Crippen molar-refractivity contribution in [1.29, 1.82) is 0 Å². The summed E-state index contributed by atoms with van der Waals surface area (Å²) < 4.78 is 0.559. The molecule has 1 aromatic carbocycles. The maximum atomic E-state index is 6.29. The van der Waals surface area contributed by atoms with Crippen molar-refractivity contribution in [2.24, 2.45) is 0 Å². The van der Waals surface area contributed by atoms with E-state index in [0.717, 1.165) is 19.6 Å². The summed E-state index contributed by atoms with van der Waals surface area (Å²) in [6, 6.07) is 10.6. The van der Waals surface area contributed by atoms with E-state index in [1.54, 1.807) is 0 Å². The lowest BCUT2D eigenvalue weighted by Gasteiger charge is -2.33. The predicted octanol–water partition coefficient (Wildman–Crippen LogP) is 1.95. The smallest absolute Gasteiger partial charge is 0.165 e. The monoisotopic (exact) mass is 210 g/mol. The molecule has 2 atom stereocenters. The largest absolute Gasteiger partial charge is 0.222 e. The molecule has 2 rings (SSSR count). The van der Waals surface area contributed by atoms with E-state index in [-0.39, 0.29) is 6.04 Å². The minimum Gasteiger partial charge on any atom is -0.222 e. The highest BCUT2D eigenvalue weighted by molar-refractivity contribution is 6.06. The highest BCUT2D eigenvalue weighted by atomic mass is 35.5. The van der Waals surface area contributed by atoms with Gasteiger partial charge >= 0.3 is 0 Å². The van der Waals surface area contributed by atoms with Crippen molar-refractivity contribution < 1.29 is 4.00 Å². The Morgan fingerprint density at radius 3 is 2.71 bits per heavy atom. The van der Waals surface area contributed by atoms with Gasteiger partial charge in [-0.25, -0.2) is 9.32 Å². The third-order valence-electron chi connectivity index (χ3n) is 2.65. The average molecular weight is 211 g/mol. The van der Waals surface area contributed by atoms with Gasteiger partial charge in [-0.05, 0) is 5.56 Å². The fraction of sp³-hybridized carbons (Fsp3) is 0.455. The Balaban J connectivity index is 2.12. The van der Waals surface area contributed by atoms with E-state index in [4.69, 9.17) is 11.8 Å². The van der Waals surface area contributed by atoms with Gasteiger partial charge in [0, 0.05) is 0 Å². The maximum absolute atomic E-state index is 6.29. The molecule has 0 saturated carbocycles. The lowest BCUT2D eigenvalue weighted by atomic mass is 10.1. The number of piperazine rings is 1. The molecule has 2 unspecified atom stereocenters. The predicted molar refractivity (Wildman–Crippen MR) is 58.0 cm³/mol. The number of quaternary nitrogens is 1. The van der Waals surface area contributed by atoms with Crippen LogP contribution in [0, 0.1) is 0 Å². The zero-order chi connectivity index (χ0) is 10.0. The summed E-state index contributed by atoms with van der Waals surface area (Å²) in [5.41, 5.74) is 1.28. The fourth-order valence-corrected chi connectivity index (χ4v) is 2.02. The molecule has 1 heterocycles. The average Bonchev–Trinajstić information content (AvgIpc) is 2.18. The van der Waals surface area contributed by atoms with E-state index in [0.29, 0.717) is 4.00 Å². The van der Waals surface area contributed by atoms with Crippen molar-refractivity contribution in [2.75, 3.05) is 26.7 Å². The SMILES string of the molecule is C[N+]1(Cl)CC[N]C(c2ccccc2)C1. The lowest BCUT2D eigenvalue weighted by molar-refractivity contribution is -0.800. The van der Waals surface area contributed by atoms with Gasteiger partial charge in [0.1, 0.15) is 19.1 Å². The molecule has 1 aliphatic heterocycles. The first-order valence-corrected chi connectivity index (χ1v) is 5.27. The van der Waals surface area contributed by atoms with Crippen LogP contribution in [0.2, 0.25) is 0 Å². The summed E-state index contributed by atoms with van der Waals surface area (Å²) in [4.78, 5) is 0. The van der Waals surface area contributed by atoms with Crippen LogP contribution >= 0.6 is 11.8 Å². The Morgan fingerprint density at radius 1 is 1.36 bits per heavy atom. The Bertz CT molecular complexity index is 297. The van der Waals surface area contributed by atoms with Crippen molar-refractivity contribution in [3.63, 3.8) is 0 Å². The number of benzene rings is 1. The highest BCUT2D eigenvalue weighted by Gasteiger charge is 2.31. The summed E-state index contributed by atoms with van der Waals surface area (Å²) in [7, 11) is 2.05. The van der Waals surface area contributed by atoms with Crippen molar-refractivity contribution in [3.05, 3.63) is 35.9 Å². The molecular weight excluding hydrogens is 196 g/mol. The van der Waals surface area contributed by atoms with E-state index in [1.807, 2.05) is 13.1 Å². The van der Waals surface area contributed by atoms with Crippen LogP contribution in [0.4, 0.5) is 0 Å². The van der Waals surface area contributed by atoms with E-state index in [2.05, 4.69) is 29.6 Å². The van der Waals surface area contributed by atoms with E-state index in [9.17, 15) is 0 Å². The molecular formula is C11H15ClN2+. The Labute approximate surface area is 90.2 Å². The molecule has 1 radical (unpaired) electrons. The number of rotatable bonds is 1. The van der Waals surface area contributed by atoms with E-state index >= 15 is 0 Å². The summed E-state index contributed by atoms with van der Waals surface area (Å²) in [6.07, 6.45) is 0. The van der Waals surface area contributed by atoms with Gasteiger partial charge in [0.15, 0.2) is 11.8 Å². The third kappa shape index (κ3) is 2.27. The quantitative estimate of drug-likeness (QED) is 0.630. The summed E-state index contributed by atoms with van der Waals surface area (Å²) in [5.74, 6) is 0. The zero-order valence-corrected chi connectivity index (χ0v) is 9.11. The van der Waals surface area contributed by atoms with Crippen molar-refractivity contribution in [2.45, 2.75) is 6.04 Å². The van der Waals surface area contributed by atoms with Crippen LogP contribution in [0.15, 0.2) is 30.3 Å². The van der Waals surface area contributed by atoms with Crippen molar-refractivity contribution in [1.82, 2.24) is 5.32 Å². The first kappa shape index (κ1) is 9.97. The van der Waals surface area contributed by atoms with Crippen molar-refractivity contribution in [3.8, 4) is 0 Å². The van der Waals surface area contributed by atoms with Crippen LogP contribution in [-0.2, 0) is 0 Å². The Hall–Kier alpha value is -0.570. The van der Waals surface area contributed by atoms with Gasteiger partial charge in [-0.2, -0.15) is 0 Å². The number of halogens is 1. The van der Waals surface area contributed by atoms with Crippen LogP contribution < -0.4 is 5.32 Å². The molecule has 1 aliphatic rings. The van der Waals surface area contributed by atoms with Crippen LogP contribution in [0.5, 0.6) is 0 Å². The number of likely N-dealkylation sites (N-methyl/N-ethyl adjacent to an activating group) is 1. The molecule has 0 amide bonds. The van der Waals surface area contributed by atoms with Gasteiger partial charge in [0.2, 0.25) is 0 Å². The molecule has 0 aromatic heterocycles. The highest BCUT2D eigenvalue weighted by Crippen LogP contribution is 2.23. The second-order valence-electron chi connectivity index (χ2n) is 4.00. The molecule has 75 valence electrons. The standard InChI is InChI=1S/C11H15ClN2/c1-14(12)8-7-13-11(9-14)10-5-3-2-4-6-10/h2-6,11H,7-9H2,1H3/q+1. The second-order valence-corrected chi connectivity index (χ2v) is 4.82. The molecule has 0 spiro atoms. The first-order chi connectivity index (χ1) is 6.67. The van der Waals surface area contributed by atoms with E-state index in [1.165, 1.54) is 5.56 Å². The Morgan fingerprint density at radius 2 is 2.07 bits per heavy atom. The van der Waals surface area contributed by atoms with Gasteiger partial charge < -0.3 is 0 Å². The van der Waals surface area contributed by atoms with Crippen LogP contribution in [0.1, 0.15) is 11.6 Å². The molecule has 1 aromatic rings. The first-order valence-electron chi connectivity index (χ1n) is 4.93. The second kappa shape index (κ2) is 3.89. The van der Waals surface area contributed by atoms with Gasteiger partial charge in [-0.3, -0.25) is 0 Å². The van der Waals surface area contributed by atoms with Crippen LogP contribution in [0.25, 0.3) is 0 Å². The summed E-state index contributed by atoms with van der Waals surface area (Å²) >= 11 is 6.29. The molecule has 14 heavy (non-hydrogen) atoms. The third-order valence-corrected chi connectivity index (χ3v) is 2.96. The van der Waals surface area contributed by atoms with E-state index < -0.39 is 0 Å². The molecule has 2 nitrogen and oxygen atoms in total. The van der Waals surface area contributed by atoms with Gasteiger partial charge in [-0.15, -0.1) is 0 Å². The minimum atomic E-state index is 0.271. The summed E-state index contributed by atoms with van der Waals surface area (Å²) in [6.45, 7) is 2.69. The molecule has 0 N–H and O–H groups in total. The number of hydrogen-bond donors (Lipinski definition) is 0.